The van der Waals surface area contributed by atoms with Crippen LogP contribution in [0.25, 0.3) is 0 Å². The second kappa shape index (κ2) is 5.73. The highest BCUT2D eigenvalue weighted by Crippen LogP contribution is 2.06. The van der Waals surface area contributed by atoms with E-state index < -0.39 is 0 Å². The van der Waals surface area contributed by atoms with E-state index in [1.807, 2.05) is 25.9 Å². The Morgan fingerprint density at radius 1 is 1.45 bits per heavy atom. The smallest absolute Gasteiger partial charge is 0.269 e. The SMILES string of the molecule is CCN(C)c1cnn(CC(=O)c2ccn(C)c2)c(=O)c1. The van der Waals surface area contributed by atoms with Crippen LogP contribution in [0, 0.1) is 0 Å². The van der Waals surface area contributed by atoms with Crippen LogP contribution in [0.4, 0.5) is 5.69 Å². The zero-order valence-electron chi connectivity index (χ0n) is 11.9. The predicted octanol–water partition coefficient (Wildman–Crippen LogP) is 0.921. The van der Waals surface area contributed by atoms with Crippen molar-refractivity contribution in [1.29, 1.82) is 0 Å². The first-order valence-corrected chi connectivity index (χ1v) is 6.44. The first-order chi connectivity index (χ1) is 9.51. The van der Waals surface area contributed by atoms with Gasteiger partial charge in [-0.25, -0.2) is 4.68 Å². The van der Waals surface area contributed by atoms with E-state index in [1.54, 1.807) is 29.2 Å². The summed E-state index contributed by atoms with van der Waals surface area (Å²) in [6.07, 6.45) is 5.12. The second-order valence-corrected chi connectivity index (χ2v) is 4.71. The van der Waals surface area contributed by atoms with Gasteiger partial charge in [0.2, 0.25) is 0 Å². The molecule has 0 aliphatic carbocycles. The normalized spacial score (nSPS) is 10.6. The number of anilines is 1. The molecule has 0 bridgehead atoms. The molecule has 0 N–H and O–H groups in total. The molecule has 0 atom stereocenters. The number of carbonyl (C=O) groups excluding carboxylic acids is 1. The van der Waals surface area contributed by atoms with Crippen molar-refractivity contribution in [3.8, 4) is 0 Å². The number of hydrogen-bond acceptors (Lipinski definition) is 4. The molecule has 2 aromatic rings. The summed E-state index contributed by atoms with van der Waals surface area (Å²) in [6.45, 7) is 2.73. The van der Waals surface area contributed by atoms with Gasteiger partial charge in [-0.15, -0.1) is 0 Å². The van der Waals surface area contributed by atoms with Gasteiger partial charge >= 0.3 is 0 Å². The van der Waals surface area contributed by atoms with E-state index in [0.29, 0.717) is 5.56 Å². The number of aryl methyl sites for hydroxylation is 1. The number of hydrogen-bond donors (Lipinski definition) is 0. The van der Waals surface area contributed by atoms with E-state index in [9.17, 15) is 9.59 Å². The summed E-state index contributed by atoms with van der Waals surface area (Å²) in [5, 5.41) is 4.05. The van der Waals surface area contributed by atoms with Crippen molar-refractivity contribution >= 4 is 11.5 Å². The van der Waals surface area contributed by atoms with Crippen LogP contribution in [0.5, 0.6) is 0 Å². The molecule has 2 aromatic heterocycles. The summed E-state index contributed by atoms with van der Waals surface area (Å²) in [5.41, 5.74) is 1.06. The molecular formula is C14H18N4O2. The van der Waals surface area contributed by atoms with Crippen molar-refractivity contribution in [1.82, 2.24) is 14.3 Å². The van der Waals surface area contributed by atoms with E-state index in [1.165, 1.54) is 10.7 Å². The van der Waals surface area contributed by atoms with Gasteiger partial charge < -0.3 is 9.47 Å². The zero-order valence-corrected chi connectivity index (χ0v) is 11.9. The van der Waals surface area contributed by atoms with Crippen molar-refractivity contribution < 1.29 is 4.79 Å². The highest BCUT2D eigenvalue weighted by Gasteiger charge is 2.10. The van der Waals surface area contributed by atoms with Crippen LogP contribution in [0.3, 0.4) is 0 Å². The number of aromatic nitrogens is 3. The molecular weight excluding hydrogens is 256 g/mol. The van der Waals surface area contributed by atoms with Gasteiger partial charge in [0, 0.05) is 44.7 Å². The summed E-state index contributed by atoms with van der Waals surface area (Å²) in [7, 11) is 3.73. The van der Waals surface area contributed by atoms with Gasteiger partial charge in [0.05, 0.1) is 11.9 Å². The lowest BCUT2D eigenvalue weighted by molar-refractivity contribution is 0.0965. The fraction of sp³-hybridized carbons (Fsp3) is 0.357. The average Bonchev–Trinajstić information content (AvgIpc) is 2.86. The van der Waals surface area contributed by atoms with Crippen molar-refractivity contribution in [3.05, 3.63) is 46.6 Å². The zero-order chi connectivity index (χ0) is 14.7. The lowest BCUT2D eigenvalue weighted by Gasteiger charge is -2.16. The molecule has 2 rings (SSSR count). The van der Waals surface area contributed by atoms with Gasteiger partial charge in [-0.1, -0.05) is 0 Å². The molecule has 0 spiro atoms. The van der Waals surface area contributed by atoms with E-state index in [0.717, 1.165) is 12.2 Å². The number of ketones is 1. The summed E-state index contributed by atoms with van der Waals surface area (Å²) < 4.78 is 2.98. The number of carbonyl (C=O) groups is 1. The molecule has 0 amide bonds. The fourth-order valence-electron chi connectivity index (χ4n) is 1.83. The van der Waals surface area contributed by atoms with E-state index in [4.69, 9.17) is 0 Å². The van der Waals surface area contributed by atoms with Crippen LogP contribution in [0.1, 0.15) is 17.3 Å². The molecule has 2 heterocycles. The maximum absolute atomic E-state index is 12.0. The Morgan fingerprint density at radius 3 is 2.75 bits per heavy atom. The number of Topliss-reactive ketones (excluding diaryl/α,β-unsaturated/α-hetero) is 1. The molecule has 0 aliphatic heterocycles. The van der Waals surface area contributed by atoms with Crippen LogP contribution < -0.4 is 10.5 Å². The Morgan fingerprint density at radius 2 is 2.20 bits per heavy atom. The topological polar surface area (TPSA) is 60.1 Å². The molecule has 20 heavy (non-hydrogen) atoms. The Hall–Kier alpha value is -2.37. The van der Waals surface area contributed by atoms with Crippen molar-refractivity contribution in [2.24, 2.45) is 7.05 Å². The van der Waals surface area contributed by atoms with Crippen LogP contribution in [-0.4, -0.2) is 33.7 Å². The quantitative estimate of drug-likeness (QED) is 0.761. The van der Waals surface area contributed by atoms with E-state index in [-0.39, 0.29) is 17.9 Å². The third-order valence-corrected chi connectivity index (χ3v) is 3.22. The van der Waals surface area contributed by atoms with Crippen molar-refractivity contribution in [3.63, 3.8) is 0 Å². The Bertz CT molecular complexity index is 672. The van der Waals surface area contributed by atoms with Crippen LogP contribution >= 0.6 is 0 Å². The molecule has 106 valence electrons. The fourth-order valence-corrected chi connectivity index (χ4v) is 1.83. The highest BCUT2D eigenvalue weighted by atomic mass is 16.1. The average molecular weight is 274 g/mol. The van der Waals surface area contributed by atoms with Crippen LogP contribution in [0.15, 0.2) is 35.5 Å². The summed E-state index contributed by atoms with van der Waals surface area (Å²) in [4.78, 5) is 25.9. The first kappa shape index (κ1) is 14.0. The van der Waals surface area contributed by atoms with Crippen LogP contribution in [-0.2, 0) is 13.6 Å². The number of rotatable bonds is 5. The molecule has 0 unspecified atom stereocenters. The number of nitrogens with zero attached hydrogens (tertiary/aromatic N) is 4. The summed E-state index contributed by atoms with van der Waals surface area (Å²) >= 11 is 0. The lowest BCUT2D eigenvalue weighted by atomic mass is 10.2. The minimum Gasteiger partial charge on any atom is -0.373 e. The minimum atomic E-state index is -0.271. The molecule has 0 saturated carbocycles. The highest BCUT2D eigenvalue weighted by molar-refractivity contribution is 5.95. The molecule has 6 nitrogen and oxygen atoms in total. The molecule has 0 saturated heterocycles. The minimum absolute atomic E-state index is 0.0427. The van der Waals surface area contributed by atoms with Gasteiger partial charge in [0.15, 0.2) is 5.78 Å². The van der Waals surface area contributed by atoms with Gasteiger partial charge in [0.1, 0.15) is 6.54 Å². The molecule has 0 fully saturated rings. The lowest BCUT2D eigenvalue weighted by Crippen LogP contribution is -2.28. The second-order valence-electron chi connectivity index (χ2n) is 4.71. The Kier molecular flexibility index (Phi) is 4.02. The Balaban J connectivity index is 2.18. The van der Waals surface area contributed by atoms with Gasteiger partial charge in [-0.2, -0.15) is 5.10 Å². The predicted molar refractivity (Wildman–Crippen MR) is 77.2 cm³/mol. The summed E-state index contributed by atoms with van der Waals surface area (Å²) in [5.74, 6) is -0.128. The Labute approximate surface area is 117 Å². The molecule has 0 radical (unpaired) electrons. The standard InChI is InChI=1S/C14H18N4O2/c1-4-17(3)12-7-14(20)18(15-8-12)10-13(19)11-5-6-16(2)9-11/h5-9H,4,10H2,1-3H3. The summed E-state index contributed by atoms with van der Waals surface area (Å²) in [6, 6.07) is 3.22. The van der Waals surface area contributed by atoms with Crippen LogP contribution in [0.2, 0.25) is 0 Å². The van der Waals surface area contributed by atoms with Crippen molar-refractivity contribution in [2.75, 3.05) is 18.5 Å². The molecule has 0 aromatic carbocycles. The van der Waals surface area contributed by atoms with Gasteiger partial charge in [-0.3, -0.25) is 9.59 Å². The third-order valence-electron chi connectivity index (χ3n) is 3.22. The van der Waals surface area contributed by atoms with Gasteiger partial charge in [0.25, 0.3) is 5.56 Å². The maximum atomic E-state index is 12.0. The van der Waals surface area contributed by atoms with Gasteiger partial charge in [-0.05, 0) is 13.0 Å². The first-order valence-electron chi connectivity index (χ1n) is 6.44. The van der Waals surface area contributed by atoms with Crippen molar-refractivity contribution in [2.45, 2.75) is 13.5 Å². The molecule has 6 heteroatoms. The molecule has 0 aliphatic rings. The van der Waals surface area contributed by atoms with E-state index >= 15 is 0 Å². The third kappa shape index (κ3) is 2.96. The van der Waals surface area contributed by atoms with E-state index in [2.05, 4.69) is 5.10 Å². The largest absolute Gasteiger partial charge is 0.373 e. The monoisotopic (exact) mass is 274 g/mol. The maximum Gasteiger partial charge on any atom is 0.269 e.